The van der Waals surface area contributed by atoms with Crippen LogP contribution in [0.25, 0.3) is 0 Å². The first kappa shape index (κ1) is 37.6. The average Bonchev–Trinajstić information content (AvgIpc) is 2.79. The Kier molecular flexibility index (Phi) is 36.6. The first-order valence-electron chi connectivity index (χ1n) is 13.8. The van der Waals surface area contributed by atoms with E-state index in [2.05, 4.69) is 12.7 Å². The van der Waals surface area contributed by atoms with Gasteiger partial charge in [0.2, 0.25) is 0 Å². The van der Waals surface area contributed by atoms with E-state index in [9.17, 15) is 0 Å². The molecule has 0 aromatic heterocycles. The molecule has 0 saturated carbocycles. The van der Waals surface area contributed by atoms with Gasteiger partial charge in [0.25, 0.3) is 0 Å². The topological polar surface area (TPSA) is 86.6 Å². The highest BCUT2D eigenvalue weighted by atomic mass is 35.5. The van der Waals surface area contributed by atoms with Gasteiger partial charge in [-0.05, 0) is 33.6 Å². The van der Waals surface area contributed by atoms with E-state index in [4.69, 9.17) is 19.7 Å². The fourth-order valence-electron chi connectivity index (χ4n) is 3.43. The van der Waals surface area contributed by atoms with Crippen LogP contribution in [0.1, 0.15) is 130 Å². The van der Waals surface area contributed by atoms with Gasteiger partial charge in [-0.25, -0.2) is 0 Å². The lowest BCUT2D eigenvalue weighted by atomic mass is 10.0. The van der Waals surface area contributed by atoms with Crippen molar-refractivity contribution in [1.82, 2.24) is 0 Å². The monoisotopic (exact) mass is 497 g/mol. The Labute approximate surface area is 213 Å². The lowest BCUT2D eigenvalue weighted by molar-refractivity contribution is -0.368. The number of quaternary nitrogens is 1. The molecule has 3 atom stereocenters. The Balaban J connectivity index is -0.000000566. The second-order valence-corrected chi connectivity index (χ2v) is 9.48. The predicted octanol–water partition coefficient (Wildman–Crippen LogP) is 2.66. The first-order valence-corrected chi connectivity index (χ1v) is 13.8. The van der Waals surface area contributed by atoms with Crippen molar-refractivity contribution in [3.63, 3.8) is 0 Å². The molecule has 0 heterocycles. The Hall–Kier alpha value is 0.0900. The van der Waals surface area contributed by atoms with Crippen LogP contribution < -0.4 is 18.1 Å². The van der Waals surface area contributed by atoms with Crippen molar-refractivity contribution in [3.05, 3.63) is 0 Å². The summed E-state index contributed by atoms with van der Waals surface area (Å²) in [5, 5.41) is 17.6. The molecule has 33 heavy (non-hydrogen) atoms. The normalized spacial score (nSPS) is 13.5. The molecule has 0 bridgehead atoms. The van der Waals surface area contributed by atoms with Crippen molar-refractivity contribution < 1.29 is 37.8 Å². The quantitative estimate of drug-likeness (QED) is 0.189. The molecule has 5 nitrogen and oxygen atoms in total. The van der Waals surface area contributed by atoms with Crippen molar-refractivity contribution in [2.24, 2.45) is 0 Å². The van der Waals surface area contributed by atoms with Crippen LogP contribution in [0.3, 0.4) is 0 Å². The highest BCUT2D eigenvalue weighted by Crippen LogP contribution is 2.13. The van der Waals surface area contributed by atoms with Crippen molar-refractivity contribution in [3.8, 4) is 0 Å². The molecule has 0 rings (SSSR count). The summed E-state index contributed by atoms with van der Waals surface area (Å²) in [6.45, 7) is 9.52. The Morgan fingerprint density at radius 3 is 1.30 bits per heavy atom. The summed E-state index contributed by atoms with van der Waals surface area (Å²) in [4.78, 5) is 0. The number of halogens is 1. The van der Waals surface area contributed by atoms with Gasteiger partial charge in [0, 0.05) is 0 Å². The second kappa shape index (κ2) is 32.1. The molecule has 3 unspecified atom stereocenters. The number of unbranched alkanes of at least 4 members (excludes halogenated alkanes) is 15. The Bertz CT molecular complexity index is 319. The van der Waals surface area contributed by atoms with E-state index in [1.165, 1.54) is 103 Å². The van der Waals surface area contributed by atoms with Crippen LogP contribution in [0.2, 0.25) is 0 Å². The fraction of sp³-hybridized carbons (Fsp3) is 1.00. The van der Waals surface area contributed by atoms with Crippen LogP contribution >= 0.6 is 0 Å². The van der Waals surface area contributed by atoms with E-state index >= 15 is 0 Å². The predicted molar refractivity (Wildman–Crippen MR) is 137 cm³/mol. The zero-order valence-corrected chi connectivity index (χ0v) is 23.4. The van der Waals surface area contributed by atoms with E-state index in [1.807, 2.05) is 6.92 Å². The largest absolute Gasteiger partial charge is 1.00 e. The SMILES string of the molecule is CC(O)COC(C)COC(C)CO.CCCCCCCCCCCCCCCCCC[NH3+].[Cl-]. The van der Waals surface area contributed by atoms with E-state index in [1.54, 1.807) is 13.8 Å². The first-order chi connectivity index (χ1) is 15.5. The molecule has 6 heteroatoms. The van der Waals surface area contributed by atoms with Gasteiger partial charge in [-0.15, -0.1) is 0 Å². The highest BCUT2D eigenvalue weighted by molar-refractivity contribution is 4.53. The van der Waals surface area contributed by atoms with Crippen LogP contribution in [-0.2, 0) is 9.47 Å². The van der Waals surface area contributed by atoms with Gasteiger partial charge >= 0.3 is 0 Å². The molecule has 0 aliphatic carbocycles. The summed E-state index contributed by atoms with van der Waals surface area (Å²) in [7, 11) is 0. The van der Waals surface area contributed by atoms with E-state index in [0.29, 0.717) is 13.2 Å². The third-order valence-corrected chi connectivity index (χ3v) is 5.60. The Morgan fingerprint density at radius 1 is 0.606 bits per heavy atom. The van der Waals surface area contributed by atoms with Crippen LogP contribution in [0.5, 0.6) is 0 Å². The van der Waals surface area contributed by atoms with Crippen molar-refractivity contribution in [2.75, 3.05) is 26.4 Å². The van der Waals surface area contributed by atoms with Crippen molar-refractivity contribution in [2.45, 2.75) is 149 Å². The minimum Gasteiger partial charge on any atom is -1.00 e. The molecule has 0 aromatic rings. The summed E-state index contributed by atoms with van der Waals surface area (Å²) in [5.74, 6) is 0. The molecule has 0 amide bonds. The lowest BCUT2D eigenvalue weighted by Crippen LogP contribution is -3.00. The van der Waals surface area contributed by atoms with Gasteiger partial charge in [-0.3, -0.25) is 0 Å². The van der Waals surface area contributed by atoms with Crippen LogP contribution in [0.15, 0.2) is 0 Å². The van der Waals surface area contributed by atoms with Crippen LogP contribution in [0, 0.1) is 0 Å². The van der Waals surface area contributed by atoms with E-state index in [-0.39, 0.29) is 31.2 Å². The van der Waals surface area contributed by atoms with Gasteiger partial charge in [-0.1, -0.05) is 96.8 Å². The zero-order valence-electron chi connectivity index (χ0n) is 22.7. The van der Waals surface area contributed by atoms with Gasteiger partial charge in [0.15, 0.2) is 0 Å². The number of ether oxygens (including phenoxy) is 2. The third kappa shape index (κ3) is 36.8. The molecule has 0 aliphatic heterocycles. The summed E-state index contributed by atoms with van der Waals surface area (Å²) >= 11 is 0. The molecule has 0 saturated heterocycles. The van der Waals surface area contributed by atoms with Gasteiger partial charge < -0.3 is 37.8 Å². The maximum absolute atomic E-state index is 8.92. The van der Waals surface area contributed by atoms with Gasteiger partial charge in [0.05, 0.1) is 44.7 Å². The van der Waals surface area contributed by atoms with Crippen molar-refractivity contribution >= 4 is 0 Å². The summed E-state index contributed by atoms with van der Waals surface area (Å²) in [6.07, 6.45) is 22.5. The van der Waals surface area contributed by atoms with Gasteiger partial charge in [0.1, 0.15) is 0 Å². The van der Waals surface area contributed by atoms with Crippen molar-refractivity contribution in [1.29, 1.82) is 0 Å². The second-order valence-electron chi connectivity index (χ2n) is 9.48. The molecular weight excluding hydrogens is 438 g/mol. The lowest BCUT2D eigenvalue weighted by Gasteiger charge is -2.16. The summed E-state index contributed by atoms with van der Waals surface area (Å²) < 4.78 is 10.5. The molecule has 0 radical (unpaired) electrons. The molecular formula is C27H60ClNO4. The third-order valence-electron chi connectivity index (χ3n) is 5.60. The summed E-state index contributed by atoms with van der Waals surface area (Å²) in [6, 6.07) is 0. The van der Waals surface area contributed by atoms with E-state index < -0.39 is 6.10 Å². The number of aliphatic hydroxyl groups is 2. The van der Waals surface area contributed by atoms with Gasteiger partial charge in [-0.2, -0.15) is 0 Å². The number of rotatable bonds is 23. The Morgan fingerprint density at radius 2 is 0.970 bits per heavy atom. The fourth-order valence-corrected chi connectivity index (χ4v) is 3.43. The average molecular weight is 498 g/mol. The van der Waals surface area contributed by atoms with Crippen LogP contribution in [-0.4, -0.2) is 54.9 Å². The van der Waals surface area contributed by atoms with E-state index in [0.717, 1.165) is 6.54 Å². The molecule has 5 N–H and O–H groups in total. The number of hydrogen-bond acceptors (Lipinski definition) is 4. The maximum atomic E-state index is 8.92. The molecule has 204 valence electrons. The smallest absolute Gasteiger partial charge is 0.0781 e. The zero-order chi connectivity index (χ0) is 24.3. The number of hydrogen-bond donors (Lipinski definition) is 3. The highest BCUT2D eigenvalue weighted by Gasteiger charge is 2.07. The standard InChI is InChI=1S/C18H39N.C9H20O4.ClH/c1-2-3-4-5-6-7-8-9-10-11-12-13-14-15-16-17-18-19;1-7(11)5-12-9(3)6-13-8(2)4-10;/h2-19H2,1H3;7-11H,4-6H2,1-3H3;1H. The molecule has 0 spiro atoms. The minimum atomic E-state index is -0.447. The number of aliphatic hydroxyl groups excluding tert-OH is 2. The molecule has 0 fully saturated rings. The molecule has 0 aliphatic rings. The minimum absolute atomic E-state index is 0. The molecule has 0 aromatic carbocycles. The van der Waals surface area contributed by atoms with Crippen LogP contribution in [0.4, 0.5) is 0 Å². The maximum Gasteiger partial charge on any atom is 0.0781 e. The summed E-state index contributed by atoms with van der Waals surface area (Å²) in [5.41, 5.74) is 3.89.